The third kappa shape index (κ3) is 2.28. The van der Waals surface area contributed by atoms with Crippen molar-refractivity contribution in [3.05, 3.63) is 35.9 Å². The molecule has 118 valence electrons. The number of rotatable bonds is 1. The Morgan fingerprint density at radius 2 is 2.00 bits per heavy atom. The summed E-state index contributed by atoms with van der Waals surface area (Å²) >= 11 is 0. The highest BCUT2D eigenvalue weighted by molar-refractivity contribution is 5.69. The van der Waals surface area contributed by atoms with Gasteiger partial charge in [0.25, 0.3) is 0 Å². The van der Waals surface area contributed by atoms with Crippen molar-refractivity contribution in [3.63, 3.8) is 0 Å². The Balaban J connectivity index is 1.92. The summed E-state index contributed by atoms with van der Waals surface area (Å²) in [5.41, 5.74) is 0.202. The summed E-state index contributed by atoms with van der Waals surface area (Å²) in [6, 6.07) is 10.1. The zero-order valence-electron chi connectivity index (χ0n) is 13.6. The van der Waals surface area contributed by atoms with Crippen LogP contribution in [0.25, 0.3) is 0 Å². The van der Waals surface area contributed by atoms with Gasteiger partial charge < -0.3 is 9.64 Å². The highest BCUT2D eigenvalue weighted by Crippen LogP contribution is 2.49. The van der Waals surface area contributed by atoms with Crippen LogP contribution in [-0.2, 0) is 10.3 Å². The lowest BCUT2D eigenvalue weighted by Gasteiger charge is -2.32. The quantitative estimate of drug-likeness (QED) is 0.795. The predicted octanol–water partition coefficient (Wildman–Crippen LogP) is 3.60. The van der Waals surface area contributed by atoms with Gasteiger partial charge in [-0.15, -0.1) is 0 Å². The van der Waals surface area contributed by atoms with Gasteiger partial charge in [-0.3, -0.25) is 0 Å². The van der Waals surface area contributed by atoms with E-state index in [1.807, 2.05) is 45.9 Å². The number of ether oxygens (including phenoxy) is 1. The second kappa shape index (κ2) is 5.07. The lowest BCUT2D eigenvalue weighted by Crippen LogP contribution is -2.44. The highest BCUT2D eigenvalue weighted by Gasteiger charge is 2.58. The molecule has 1 aromatic rings. The molecule has 2 aliphatic heterocycles. The number of azo groups is 1. The van der Waals surface area contributed by atoms with Crippen molar-refractivity contribution in [3.8, 4) is 0 Å². The normalized spacial score (nSPS) is 30.5. The molecule has 0 unspecified atom stereocenters. The summed E-state index contributed by atoms with van der Waals surface area (Å²) in [4.78, 5) is 14.3. The maximum Gasteiger partial charge on any atom is 0.410 e. The molecule has 3 atom stereocenters. The standard InChI is InChI=1S/C17H23N3O2/c1-12-17(13-8-6-5-7-9-13)14(10-18-19-17)11-20(12)15(21)22-16(2,3)4/h5-9,12,14H,10-11H2,1-4H3/t12-,14-,17-/m0/s1. The molecule has 1 amide bonds. The lowest BCUT2D eigenvalue weighted by molar-refractivity contribution is 0.0210. The number of amides is 1. The maximum atomic E-state index is 12.5. The Morgan fingerprint density at radius 1 is 1.32 bits per heavy atom. The van der Waals surface area contributed by atoms with Gasteiger partial charge >= 0.3 is 6.09 Å². The topological polar surface area (TPSA) is 54.3 Å². The molecule has 5 heteroatoms. The van der Waals surface area contributed by atoms with Crippen molar-refractivity contribution in [2.24, 2.45) is 16.1 Å². The van der Waals surface area contributed by atoms with E-state index in [1.54, 1.807) is 4.90 Å². The lowest BCUT2D eigenvalue weighted by atomic mass is 9.78. The molecule has 3 rings (SSSR count). The molecule has 1 fully saturated rings. The largest absolute Gasteiger partial charge is 0.444 e. The SMILES string of the molecule is C[C@@H]1N(C(=O)OC(C)(C)C)C[C@@H]2CN=N[C@@]21c1ccccc1. The maximum absolute atomic E-state index is 12.5. The second-order valence-corrected chi connectivity index (χ2v) is 7.12. The van der Waals surface area contributed by atoms with Crippen molar-refractivity contribution in [1.29, 1.82) is 0 Å². The van der Waals surface area contributed by atoms with Crippen LogP contribution in [0.5, 0.6) is 0 Å². The second-order valence-electron chi connectivity index (χ2n) is 7.12. The van der Waals surface area contributed by atoms with Crippen LogP contribution in [0.1, 0.15) is 33.3 Å². The minimum Gasteiger partial charge on any atom is -0.444 e. The fraction of sp³-hybridized carbons (Fsp3) is 0.588. The van der Waals surface area contributed by atoms with Crippen LogP contribution in [0.2, 0.25) is 0 Å². The van der Waals surface area contributed by atoms with Crippen LogP contribution < -0.4 is 0 Å². The van der Waals surface area contributed by atoms with Gasteiger partial charge in [-0.05, 0) is 33.3 Å². The Bertz CT molecular complexity index is 594. The van der Waals surface area contributed by atoms with Crippen molar-refractivity contribution in [2.75, 3.05) is 13.1 Å². The highest BCUT2D eigenvalue weighted by atomic mass is 16.6. The first kappa shape index (κ1) is 15.0. The summed E-state index contributed by atoms with van der Waals surface area (Å²) in [5, 5.41) is 8.87. The average molecular weight is 301 g/mol. The van der Waals surface area contributed by atoms with E-state index in [4.69, 9.17) is 4.74 Å². The van der Waals surface area contributed by atoms with Gasteiger partial charge in [-0.25, -0.2) is 4.79 Å². The molecule has 1 saturated heterocycles. The molecule has 0 spiro atoms. The molecule has 0 aromatic heterocycles. The molecular formula is C17H23N3O2. The molecule has 2 heterocycles. The van der Waals surface area contributed by atoms with E-state index in [1.165, 1.54) is 0 Å². The monoisotopic (exact) mass is 301 g/mol. The van der Waals surface area contributed by atoms with Gasteiger partial charge in [0.2, 0.25) is 0 Å². The third-order valence-corrected chi connectivity index (χ3v) is 4.55. The molecule has 22 heavy (non-hydrogen) atoms. The van der Waals surface area contributed by atoms with Gasteiger partial charge in [-0.1, -0.05) is 30.3 Å². The average Bonchev–Trinajstić information content (AvgIpc) is 2.97. The summed E-state index contributed by atoms with van der Waals surface area (Å²) in [5.74, 6) is 0.220. The van der Waals surface area contributed by atoms with E-state index in [9.17, 15) is 4.79 Å². The van der Waals surface area contributed by atoms with E-state index in [-0.39, 0.29) is 18.1 Å². The number of carbonyl (C=O) groups is 1. The van der Waals surface area contributed by atoms with Crippen LogP contribution in [0.4, 0.5) is 4.79 Å². The fourth-order valence-corrected chi connectivity index (χ4v) is 3.52. The van der Waals surface area contributed by atoms with Gasteiger partial charge in [0.1, 0.15) is 11.1 Å². The molecule has 2 aliphatic rings. The summed E-state index contributed by atoms with van der Waals surface area (Å²) in [6.07, 6.45) is -0.264. The van der Waals surface area contributed by atoms with Crippen molar-refractivity contribution in [2.45, 2.75) is 44.9 Å². The van der Waals surface area contributed by atoms with Crippen molar-refractivity contribution in [1.82, 2.24) is 4.90 Å². The number of fused-ring (bicyclic) bond motifs is 1. The Labute approximate surface area is 131 Å². The number of likely N-dealkylation sites (tertiary alicyclic amines) is 1. The smallest absolute Gasteiger partial charge is 0.410 e. The van der Waals surface area contributed by atoms with E-state index < -0.39 is 11.1 Å². The molecule has 0 saturated carbocycles. The minimum atomic E-state index is -0.490. The first-order chi connectivity index (χ1) is 10.3. The number of hydrogen-bond donors (Lipinski definition) is 0. The molecule has 0 radical (unpaired) electrons. The van der Waals surface area contributed by atoms with Gasteiger partial charge in [-0.2, -0.15) is 10.2 Å². The van der Waals surface area contributed by atoms with Crippen molar-refractivity contribution >= 4 is 6.09 Å². The predicted molar refractivity (Wildman–Crippen MR) is 83.7 cm³/mol. The van der Waals surface area contributed by atoms with E-state index in [0.29, 0.717) is 13.1 Å². The van der Waals surface area contributed by atoms with Crippen LogP contribution in [-0.4, -0.2) is 35.7 Å². The van der Waals surface area contributed by atoms with Crippen LogP contribution >= 0.6 is 0 Å². The molecule has 1 aromatic carbocycles. The fourth-order valence-electron chi connectivity index (χ4n) is 3.52. The minimum absolute atomic E-state index is 0.0685. The summed E-state index contributed by atoms with van der Waals surface area (Å²) in [7, 11) is 0. The van der Waals surface area contributed by atoms with Crippen LogP contribution in [0.15, 0.2) is 40.6 Å². The van der Waals surface area contributed by atoms with Gasteiger partial charge in [0, 0.05) is 12.5 Å². The summed E-state index contributed by atoms with van der Waals surface area (Å²) in [6.45, 7) is 9.01. The van der Waals surface area contributed by atoms with Gasteiger partial charge in [0.15, 0.2) is 0 Å². The van der Waals surface area contributed by atoms with E-state index in [0.717, 1.165) is 5.56 Å². The van der Waals surface area contributed by atoms with E-state index >= 15 is 0 Å². The first-order valence-corrected chi connectivity index (χ1v) is 7.78. The molecule has 5 nitrogen and oxygen atoms in total. The third-order valence-electron chi connectivity index (χ3n) is 4.55. The number of nitrogens with zero attached hydrogens (tertiary/aromatic N) is 3. The Kier molecular flexibility index (Phi) is 3.46. The Morgan fingerprint density at radius 3 is 2.64 bits per heavy atom. The van der Waals surface area contributed by atoms with E-state index in [2.05, 4.69) is 22.4 Å². The van der Waals surface area contributed by atoms with Gasteiger partial charge in [0.05, 0.1) is 12.6 Å². The number of carbonyl (C=O) groups excluding carboxylic acids is 1. The molecule has 0 aliphatic carbocycles. The molecular weight excluding hydrogens is 278 g/mol. The van der Waals surface area contributed by atoms with Crippen LogP contribution in [0, 0.1) is 5.92 Å². The van der Waals surface area contributed by atoms with Crippen LogP contribution in [0.3, 0.4) is 0 Å². The first-order valence-electron chi connectivity index (χ1n) is 7.78. The summed E-state index contributed by atoms with van der Waals surface area (Å²) < 4.78 is 5.55. The van der Waals surface area contributed by atoms with Crippen molar-refractivity contribution < 1.29 is 9.53 Å². The number of hydrogen-bond acceptors (Lipinski definition) is 4. The number of benzene rings is 1. The zero-order chi connectivity index (χ0) is 16.0. The molecule has 0 N–H and O–H groups in total. The Hall–Kier alpha value is -1.91. The zero-order valence-corrected chi connectivity index (χ0v) is 13.6. The molecule has 0 bridgehead atoms.